The van der Waals surface area contributed by atoms with Crippen molar-refractivity contribution in [1.29, 1.82) is 0 Å². The molecule has 0 aliphatic carbocycles. The van der Waals surface area contributed by atoms with Gasteiger partial charge in [-0.15, -0.1) is 0 Å². The number of rotatable bonds is 6. The fourth-order valence-corrected chi connectivity index (χ4v) is 3.84. The van der Waals surface area contributed by atoms with Gasteiger partial charge in [-0.05, 0) is 44.0 Å². The Morgan fingerprint density at radius 3 is 2.77 bits per heavy atom. The number of carbonyl (C=O) groups is 1. The summed E-state index contributed by atoms with van der Waals surface area (Å²) in [7, 11) is 0. The molecule has 4 rings (SSSR count). The number of allylic oxidation sites excluding steroid dienone is 1. The topological polar surface area (TPSA) is 67.8 Å². The Hall–Kier alpha value is -2.86. The summed E-state index contributed by atoms with van der Waals surface area (Å²) in [5.41, 5.74) is 5.07. The third kappa shape index (κ3) is 4.65. The maximum Gasteiger partial charge on any atom is 0.195 e. The molecule has 0 spiro atoms. The molecule has 6 heteroatoms. The van der Waals surface area contributed by atoms with Crippen molar-refractivity contribution in [2.75, 3.05) is 0 Å². The molecule has 2 heterocycles. The van der Waals surface area contributed by atoms with Gasteiger partial charge < -0.3 is 4.42 Å². The molecule has 2 aromatic carbocycles. The average molecular weight is 464 g/mol. The number of Topliss-reactive ketones (excluding diaryl/α,β-unsaturated/α-hetero) is 1. The zero-order valence-corrected chi connectivity index (χ0v) is 18.5. The highest BCUT2D eigenvalue weighted by Crippen LogP contribution is 2.31. The molecule has 1 aromatic heterocycles. The Morgan fingerprint density at radius 1 is 1.20 bits per heavy atom. The van der Waals surface area contributed by atoms with Crippen LogP contribution in [0.2, 0.25) is 0 Å². The first-order chi connectivity index (χ1) is 14.5. The molecule has 1 atom stereocenters. The minimum Gasteiger partial charge on any atom is -0.441 e. The van der Waals surface area contributed by atoms with Gasteiger partial charge in [0.15, 0.2) is 17.3 Å². The second kappa shape index (κ2) is 8.88. The number of carbonyl (C=O) groups excluding carboxylic acids is 1. The first kappa shape index (κ1) is 20.4. The van der Waals surface area contributed by atoms with E-state index in [1.165, 1.54) is 0 Å². The molecular weight excluding hydrogens is 442 g/mol. The second-order valence-corrected chi connectivity index (χ2v) is 8.31. The van der Waals surface area contributed by atoms with Gasteiger partial charge in [-0.2, -0.15) is 0 Å². The normalized spacial score (nSPS) is 17.0. The van der Waals surface area contributed by atoms with Crippen LogP contribution in [-0.4, -0.2) is 22.7 Å². The average Bonchev–Trinajstić information content (AvgIpc) is 3.14. The van der Waals surface area contributed by atoms with Crippen LogP contribution in [0.4, 0.5) is 0 Å². The number of ketones is 1. The molecule has 5 nitrogen and oxygen atoms in total. The highest BCUT2D eigenvalue weighted by Gasteiger charge is 2.21. The highest BCUT2D eigenvalue weighted by molar-refractivity contribution is 9.10. The summed E-state index contributed by atoms with van der Waals surface area (Å²) >= 11 is 3.45. The third-order valence-electron chi connectivity index (χ3n) is 5.07. The van der Waals surface area contributed by atoms with Gasteiger partial charge in [0.25, 0.3) is 0 Å². The smallest absolute Gasteiger partial charge is 0.195 e. The van der Waals surface area contributed by atoms with Crippen LogP contribution in [0.3, 0.4) is 0 Å². The number of aromatic nitrogens is 1. The van der Waals surface area contributed by atoms with E-state index in [1.807, 2.05) is 43.3 Å². The first-order valence-electron chi connectivity index (χ1n) is 9.91. The summed E-state index contributed by atoms with van der Waals surface area (Å²) in [6.07, 6.45) is 3.65. The van der Waals surface area contributed by atoms with E-state index in [0.29, 0.717) is 30.7 Å². The van der Waals surface area contributed by atoms with Crippen molar-refractivity contribution < 1.29 is 9.21 Å². The summed E-state index contributed by atoms with van der Waals surface area (Å²) in [4.78, 5) is 26.0. The summed E-state index contributed by atoms with van der Waals surface area (Å²) < 4.78 is 6.80. The van der Waals surface area contributed by atoms with E-state index >= 15 is 0 Å². The highest BCUT2D eigenvalue weighted by atomic mass is 79.9. The summed E-state index contributed by atoms with van der Waals surface area (Å²) in [6.45, 7) is 3.54. The largest absolute Gasteiger partial charge is 0.441 e. The number of nitrogens with zero attached hydrogens (tertiary/aromatic N) is 3. The van der Waals surface area contributed by atoms with Crippen LogP contribution in [0.25, 0.3) is 11.1 Å². The Morgan fingerprint density at radius 2 is 2.00 bits per heavy atom. The zero-order chi connectivity index (χ0) is 21.1. The van der Waals surface area contributed by atoms with Crippen LogP contribution < -0.4 is 0 Å². The number of hydrogen-bond acceptors (Lipinski definition) is 5. The maximum absolute atomic E-state index is 12.1. The minimum atomic E-state index is -0.0173. The number of oxazole rings is 1. The van der Waals surface area contributed by atoms with Gasteiger partial charge in [0.1, 0.15) is 5.52 Å². The lowest BCUT2D eigenvalue weighted by molar-refractivity contribution is -0.113. The molecule has 1 aliphatic rings. The molecule has 0 amide bonds. The molecule has 3 aromatic rings. The van der Waals surface area contributed by atoms with Gasteiger partial charge in [-0.25, -0.2) is 4.98 Å². The molecule has 0 fully saturated rings. The van der Waals surface area contributed by atoms with Gasteiger partial charge in [0, 0.05) is 29.2 Å². The van der Waals surface area contributed by atoms with E-state index in [2.05, 4.69) is 38.0 Å². The predicted molar refractivity (Wildman–Crippen MR) is 123 cm³/mol. The molecule has 0 N–H and O–H groups in total. The van der Waals surface area contributed by atoms with Crippen LogP contribution in [-0.2, 0) is 11.2 Å². The molecule has 0 bridgehead atoms. The standard InChI is InChI=1S/C24H22BrN3O2/c1-15(8-11-24-28-22-12-18(25)9-10-23(22)30-24)27-21-13-20(17-6-4-3-5-7-17)26-14-19(21)16(2)29/h3-7,9-10,12,14,20H,8,11,13H2,1-2H3/b27-15+. The lowest BCUT2D eigenvalue weighted by Crippen LogP contribution is -2.12. The molecule has 0 radical (unpaired) electrons. The Balaban J connectivity index is 1.51. The summed E-state index contributed by atoms with van der Waals surface area (Å²) in [5, 5.41) is 0. The van der Waals surface area contributed by atoms with E-state index in [-0.39, 0.29) is 11.8 Å². The first-order valence-corrected chi connectivity index (χ1v) is 10.7. The lowest BCUT2D eigenvalue weighted by Gasteiger charge is -2.19. The molecule has 1 unspecified atom stereocenters. The predicted octanol–water partition coefficient (Wildman–Crippen LogP) is 6.04. The number of fused-ring (bicyclic) bond motifs is 1. The van der Waals surface area contributed by atoms with Crippen LogP contribution in [0.1, 0.15) is 44.2 Å². The second-order valence-electron chi connectivity index (χ2n) is 7.39. The van der Waals surface area contributed by atoms with E-state index in [1.54, 1.807) is 13.1 Å². The Bertz CT molecular complexity index is 1180. The monoisotopic (exact) mass is 463 g/mol. The number of dihydropyridines is 1. The van der Waals surface area contributed by atoms with Crippen molar-refractivity contribution >= 4 is 44.7 Å². The fraction of sp³-hybridized carbons (Fsp3) is 0.250. The van der Waals surface area contributed by atoms with E-state index < -0.39 is 0 Å². The van der Waals surface area contributed by atoms with Gasteiger partial charge in [0.05, 0.1) is 17.3 Å². The molecule has 152 valence electrons. The van der Waals surface area contributed by atoms with Gasteiger partial charge in [-0.1, -0.05) is 46.3 Å². The number of aryl methyl sites for hydroxylation is 1. The Labute approximate surface area is 183 Å². The van der Waals surface area contributed by atoms with Crippen molar-refractivity contribution in [2.24, 2.45) is 9.98 Å². The fourth-order valence-electron chi connectivity index (χ4n) is 3.49. The van der Waals surface area contributed by atoms with E-state index in [9.17, 15) is 4.79 Å². The number of benzene rings is 2. The van der Waals surface area contributed by atoms with Crippen LogP contribution >= 0.6 is 15.9 Å². The van der Waals surface area contributed by atoms with E-state index in [0.717, 1.165) is 32.5 Å². The van der Waals surface area contributed by atoms with E-state index in [4.69, 9.17) is 9.41 Å². The molecule has 0 saturated heterocycles. The summed E-state index contributed by atoms with van der Waals surface area (Å²) in [5.74, 6) is 0.673. The van der Waals surface area contributed by atoms with Gasteiger partial charge >= 0.3 is 0 Å². The third-order valence-corrected chi connectivity index (χ3v) is 5.56. The van der Waals surface area contributed by atoms with Crippen LogP contribution in [0.15, 0.2) is 78.7 Å². The van der Waals surface area contributed by atoms with Crippen molar-refractivity contribution in [3.8, 4) is 0 Å². The number of halogens is 1. The van der Waals surface area contributed by atoms with Crippen molar-refractivity contribution in [2.45, 2.75) is 39.2 Å². The SMILES string of the molecule is CC(=O)C1=C(/N=C(\C)CCc2nc3cc(Br)ccc3o2)CC(c2ccccc2)N=C1. The van der Waals surface area contributed by atoms with Crippen LogP contribution in [0, 0.1) is 0 Å². The van der Waals surface area contributed by atoms with Crippen LogP contribution in [0.5, 0.6) is 0 Å². The molecule has 0 saturated carbocycles. The van der Waals surface area contributed by atoms with Crippen molar-refractivity contribution in [3.63, 3.8) is 0 Å². The zero-order valence-electron chi connectivity index (χ0n) is 16.9. The lowest BCUT2D eigenvalue weighted by atomic mass is 9.96. The number of aliphatic imine (C=N–C) groups is 2. The van der Waals surface area contributed by atoms with Gasteiger partial charge in [0.2, 0.25) is 0 Å². The van der Waals surface area contributed by atoms with Crippen molar-refractivity contribution in [3.05, 3.63) is 75.7 Å². The molecule has 30 heavy (non-hydrogen) atoms. The minimum absolute atomic E-state index is 0.0126. The maximum atomic E-state index is 12.1. The summed E-state index contributed by atoms with van der Waals surface area (Å²) in [6, 6.07) is 15.9. The van der Waals surface area contributed by atoms with Crippen molar-refractivity contribution in [1.82, 2.24) is 4.98 Å². The quantitative estimate of drug-likeness (QED) is 0.418. The number of hydrogen-bond donors (Lipinski definition) is 0. The van der Waals surface area contributed by atoms with Gasteiger partial charge in [-0.3, -0.25) is 14.8 Å². The molecular formula is C24H22BrN3O2. The molecule has 1 aliphatic heterocycles. The Kier molecular flexibility index (Phi) is 6.04.